The zero-order chi connectivity index (χ0) is 29.9. The molecule has 43 heavy (non-hydrogen) atoms. The minimum Gasteiger partial charge on any atom is -0.496 e. The van der Waals surface area contributed by atoms with Gasteiger partial charge in [-0.1, -0.05) is 37.6 Å². The van der Waals surface area contributed by atoms with Crippen molar-refractivity contribution in [1.82, 2.24) is 9.88 Å². The lowest BCUT2D eigenvalue weighted by Gasteiger charge is -2.27. The molecule has 2 aliphatic heterocycles. The van der Waals surface area contributed by atoms with Crippen molar-refractivity contribution >= 4 is 46.9 Å². The summed E-state index contributed by atoms with van der Waals surface area (Å²) in [6.07, 6.45) is 12.2. The van der Waals surface area contributed by atoms with E-state index >= 15 is 0 Å². The van der Waals surface area contributed by atoms with Crippen LogP contribution in [0.2, 0.25) is 0 Å². The quantitative estimate of drug-likeness (QED) is 0.356. The number of ether oxygens (including phenoxy) is 3. The summed E-state index contributed by atoms with van der Waals surface area (Å²) in [6, 6.07) is 4.24. The van der Waals surface area contributed by atoms with Crippen LogP contribution in [0.5, 0.6) is 11.6 Å². The fourth-order valence-electron chi connectivity index (χ4n) is 6.41. The molecule has 9 nitrogen and oxygen atoms in total. The summed E-state index contributed by atoms with van der Waals surface area (Å²) in [4.78, 5) is 46.7. The second-order valence-corrected chi connectivity index (χ2v) is 11.6. The smallest absolute Gasteiger partial charge is 0.313 e. The zero-order valence-electron chi connectivity index (χ0n) is 25.0. The van der Waals surface area contributed by atoms with Crippen LogP contribution in [0.3, 0.4) is 0 Å². The van der Waals surface area contributed by atoms with E-state index in [0.717, 1.165) is 42.0 Å². The molecule has 3 heterocycles. The molecule has 5 atom stereocenters. The van der Waals surface area contributed by atoms with Crippen molar-refractivity contribution in [2.45, 2.75) is 76.5 Å². The Balaban J connectivity index is 0.00000423. The highest BCUT2D eigenvalue weighted by Gasteiger charge is 2.61. The van der Waals surface area contributed by atoms with Gasteiger partial charge in [0, 0.05) is 30.0 Å². The number of carbonyl (C=O) groups excluding carboxylic acids is 3. The van der Waals surface area contributed by atoms with E-state index < -0.39 is 23.6 Å². The van der Waals surface area contributed by atoms with Gasteiger partial charge < -0.3 is 24.8 Å². The van der Waals surface area contributed by atoms with Crippen LogP contribution in [0.25, 0.3) is 16.8 Å². The van der Waals surface area contributed by atoms with Gasteiger partial charge in [0.2, 0.25) is 11.8 Å². The number of pyridine rings is 1. The summed E-state index contributed by atoms with van der Waals surface area (Å²) in [7, 11) is 1.61. The van der Waals surface area contributed by atoms with Crippen LogP contribution >= 0.6 is 12.4 Å². The molecule has 232 valence electrons. The number of halogens is 1. The molecule has 0 radical (unpaired) electrons. The Kier molecular flexibility index (Phi) is 10.5. The minimum atomic E-state index is -0.878. The molecule has 2 N–H and O–H groups in total. The first kappa shape index (κ1) is 32.5. The van der Waals surface area contributed by atoms with Crippen molar-refractivity contribution in [3.8, 4) is 11.6 Å². The highest BCUT2D eigenvalue weighted by molar-refractivity contribution is 5.96. The summed E-state index contributed by atoms with van der Waals surface area (Å²) in [5, 5.41) is 1.66. The number of methoxy groups -OCH3 is 1. The Hall–Kier alpha value is -3.43. The largest absolute Gasteiger partial charge is 0.496 e. The molecule has 0 spiro atoms. The number of Topliss-reactive ketones (excluding diaryl/α,β-unsaturated/α-hetero) is 1. The third-order valence-corrected chi connectivity index (χ3v) is 8.87. The lowest BCUT2D eigenvalue weighted by Crippen LogP contribution is -2.49. The Labute approximate surface area is 259 Å². The number of esters is 1. The summed E-state index contributed by atoms with van der Waals surface area (Å²) in [6.45, 7) is 6.11. The van der Waals surface area contributed by atoms with Crippen molar-refractivity contribution in [1.29, 1.82) is 0 Å². The molecule has 0 bridgehead atoms. The first-order valence-electron chi connectivity index (χ1n) is 15.0. The lowest BCUT2D eigenvalue weighted by atomic mass is 9.91. The van der Waals surface area contributed by atoms with Gasteiger partial charge in [-0.15, -0.1) is 12.4 Å². The number of ketones is 1. The van der Waals surface area contributed by atoms with Gasteiger partial charge in [-0.05, 0) is 62.1 Å². The van der Waals surface area contributed by atoms with Gasteiger partial charge in [-0.2, -0.15) is 0 Å². The Morgan fingerprint density at radius 3 is 2.81 bits per heavy atom. The van der Waals surface area contributed by atoms with Crippen LogP contribution in [-0.2, 0) is 19.1 Å². The lowest BCUT2D eigenvalue weighted by molar-refractivity contribution is -0.152. The number of fused-ring (bicyclic) bond motifs is 3. The van der Waals surface area contributed by atoms with E-state index in [1.54, 1.807) is 31.2 Å². The first-order chi connectivity index (χ1) is 20.3. The first-order valence-corrected chi connectivity index (χ1v) is 15.0. The number of carbonyl (C=O) groups is 3. The third-order valence-electron chi connectivity index (χ3n) is 8.87. The average Bonchev–Trinajstić information content (AvgIpc) is 3.52. The summed E-state index contributed by atoms with van der Waals surface area (Å²) in [5.41, 5.74) is 6.30. The third kappa shape index (κ3) is 6.73. The SMILES string of the molecule is C=Cc1cc2c(O[C@@H]3C[C@H]4C(=O)C[C@]5(C(=O)OCC)C[C@H]5/C=C\CCCCC[C@H](N)C(=O)N4C3)nccc2cc1OC.Cl. The van der Waals surface area contributed by atoms with E-state index in [4.69, 9.17) is 19.9 Å². The van der Waals surface area contributed by atoms with E-state index in [2.05, 4.69) is 23.7 Å². The molecule has 1 saturated carbocycles. The number of hydrogen-bond acceptors (Lipinski definition) is 8. The number of hydrogen-bond donors (Lipinski definition) is 1. The number of rotatable bonds is 6. The summed E-state index contributed by atoms with van der Waals surface area (Å²) < 4.78 is 17.3. The molecular weight excluding hydrogens is 570 g/mol. The van der Waals surface area contributed by atoms with Gasteiger partial charge in [0.1, 0.15) is 11.9 Å². The number of nitrogens with two attached hydrogens (primary N) is 1. The average molecular weight is 612 g/mol. The highest BCUT2D eigenvalue weighted by atomic mass is 35.5. The van der Waals surface area contributed by atoms with Gasteiger partial charge in [-0.3, -0.25) is 14.4 Å². The number of amides is 1. The zero-order valence-corrected chi connectivity index (χ0v) is 25.8. The molecule has 3 aliphatic rings. The van der Waals surface area contributed by atoms with E-state index in [1.165, 1.54) is 0 Å². The van der Waals surface area contributed by atoms with Crippen molar-refractivity contribution < 1.29 is 28.6 Å². The molecule has 5 rings (SSSR count). The van der Waals surface area contributed by atoms with Gasteiger partial charge in [0.05, 0.1) is 37.8 Å². The molecular formula is C33H42ClN3O6. The fraction of sp³-hybridized carbons (Fsp3) is 0.515. The van der Waals surface area contributed by atoms with E-state index in [1.807, 2.05) is 18.2 Å². The maximum atomic E-state index is 13.9. The standard InChI is InChI=1S/C33H41N3O6.ClH/c1-4-21-15-25-22(16-29(21)40-3)13-14-35-30(25)42-24-17-27-28(37)19-33(32(39)41-5-2)18-23(33)11-9-7-6-8-10-12-26(34)31(38)36(27)20-24;/h4,9,11,13-16,23-24,26-27H,1,5-8,10,12,17-20,34H2,2-3H3;1H/b11-9-;/t23-,24-,26+,27+,33-;/m1./s1. The number of nitrogens with zero attached hydrogens (tertiary/aromatic N) is 2. The summed E-state index contributed by atoms with van der Waals surface area (Å²) in [5.74, 6) is 0.299. The fourth-order valence-corrected chi connectivity index (χ4v) is 6.41. The van der Waals surface area contributed by atoms with Crippen molar-refractivity contribution in [3.05, 3.63) is 48.7 Å². The van der Waals surface area contributed by atoms with E-state index in [-0.39, 0.29) is 55.6 Å². The number of benzene rings is 1. The van der Waals surface area contributed by atoms with Crippen LogP contribution in [0.4, 0.5) is 0 Å². The molecule has 1 aliphatic carbocycles. The molecule has 0 unspecified atom stereocenters. The predicted octanol–water partition coefficient (Wildman–Crippen LogP) is 5.03. The molecule has 10 heteroatoms. The molecule has 1 saturated heterocycles. The normalized spacial score (nSPS) is 28.4. The second-order valence-electron chi connectivity index (χ2n) is 11.6. The van der Waals surface area contributed by atoms with Crippen LogP contribution in [-0.4, -0.2) is 66.0 Å². The number of aromatic nitrogens is 1. The van der Waals surface area contributed by atoms with E-state index in [9.17, 15) is 14.4 Å². The molecule has 1 amide bonds. The molecule has 2 aromatic rings. The topological polar surface area (TPSA) is 121 Å². The van der Waals surface area contributed by atoms with Gasteiger partial charge >= 0.3 is 5.97 Å². The molecule has 1 aromatic heterocycles. The molecule has 2 fully saturated rings. The highest BCUT2D eigenvalue weighted by Crippen LogP contribution is 2.57. The summed E-state index contributed by atoms with van der Waals surface area (Å²) >= 11 is 0. The Bertz CT molecular complexity index is 1400. The van der Waals surface area contributed by atoms with Crippen molar-refractivity contribution in [2.24, 2.45) is 17.1 Å². The predicted molar refractivity (Wildman–Crippen MR) is 167 cm³/mol. The van der Waals surface area contributed by atoms with Crippen molar-refractivity contribution in [3.63, 3.8) is 0 Å². The van der Waals surface area contributed by atoms with Gasteiger partial charge in [0.25, 0.3) is 0 Å². The Morgan fingerprint density at radius 1 is 1.26 bits per heavy atom. The molecule has 1 aromatic carbocycles. The Morgan fingerprint density at radius 2 is 2.07 bits per heavy atom. The maximum absolute atomic E-state index is 13.9. The van der Waals surface area contributed by atoms with Crippen LogP contribution in [0.1, 0.15) is 63.9 Å². The van der Waals surface area contributed by atoms with Crippen molar-refractivity contribution in [2.75, 3.05) is 20.3 Å². The van der Waals surface area contributed by atoms with Crippen LogP contribution in [0.15, 0.2) is 43.1 Å². The number of allylic oxidation sites excluding steroid dienone is 2. The van der Waals surface area contributed by atoms with Crippen LogP contribution in [0, 0.1) is 11.3 Å². The minimum absolute atomic E-state index is 0. The van der Waals surface area contributed by atoms with E-state index in [0.29, 0.717) is 30.9 Å². The second kappa shape index (κ2) is 13.9. The van der Waals surface area contributed by atoms with Gasteiger partial charge in [-0.25, -0.2) is 4.98 Å². The monoisotopic (exact) mass is 611 g/mol. The van der Waals surface area contributed by atoms with Crippen LogP contribution < -0.4 is 15.2 Å². The maximum Gasteiger partial charge on any atom is 0.313 e. The van der Waals surface area contributed by atoms with Gasteiger partial charge in [0.15, 0.2) is 5.78 Å².